The van der Waals surface area contributed by atoms with Gasteiger partial charge in [-0.05, 0) is 98.5 Å². The predicted octanol–water partition coefficient (Wildman–Crippen LogP) is 7.64. The highest BCUT2D eigenvalue weighted by Gasteiger charge is 2.24. The summed E-state index contributed by atoms with van der Waals surface area (Å²) >= 11 is 11.8. The number of halogens is 2. The van der Waals surface area contributed by atoms with Gasteiger partial charge in [-0.2, -0.15) is 0 Å². The van der Waals surface area contributed by atoms with Crippen molar-refractivity contribution in [3.63, 3.8) is 0 Å². The fraction of sp³-hybridized carbons (Fsp3) is 0.188. The lowest BCUT2D eigenvalue weighted by molar-refractivity contribution is 0.0698. The molecule has 0 atom stereocenters. The molecule has 226 valence electrons. The van der Waals surface area contributed by atoms with Crippen LogP contribution in [0.25, 0.3) is 0 Å². The van der Waals surface area contributed by atoms with Crippen molar-refractivity contribution in [2.75, 3.05) is 10.6 Å². The van der Waals surface area contributed by atoms with Gasteiger partial charge in [0.15, 0.2) is 0 Å². The van der Waals surface area contributed by atoms with Crippen LogP contribution in [0.2, 0.25) is 10.3 Å². The lowest BCUT2D eigenvalue weighted by atomic mass is 9.93. The standard InChI is InChI=1S/C32H28Cl2N4O6/c33-28-17-21(18-29(34)38-28)36-32(42)35-20-7-11-23(12-8-20)44-25-15-13-24(14-16-25)43-22-9-5-19(6-10-22)30(39)37-27-4-2-1-3-26(27)31(40)41/h1-6,9-10,13-18,20,23H,7-8,11-12H2,(H,37,39)(H,40,41)(H2,35,36,38,42). The number of carbonyl (C=O) groups excluding carboxylic acids is 2. The summed E-state index contributed by atoms with van der Waals surface area (Å²) in [6.07, 6.45) is 3.16. The Labute approximate surface area is 263 Å². The Morgan fingerprint density at radius 3 is 2.00 bits per heavy atom. The number of rotatable bonds is 9. The quantitative estimate of drug-likeness (QED) is 0.139. The highest BCUT2D eigenvalue weighted by atomic mass is 35.5. The number of nitrogens with zero attached hydrogens (tertiary/aromatic N) is 1. The maximum absolute atomic E-state index is 12.6. The lowest BCUT2D eigenvalue weighted by Crippen LogP contribution is -2.41. The zero-order chi connectivity index (χ0) is 31.1. The second-order valence-corrected chi connectivity index (χ2v) is 10.9. The molecule has 1 fully saturated rings. The summed E-state index contributed by atoms with van der Waals surface area (Å²) in [5.74, 6) is 0.294. The van der Waals surface area contributed by atoms with Crippen molar-refractivity contribution >= 4 is 52.5 Å². The molecule has 5 rings (SSSR count). The van der Waals surface area contributed by atoms with Crippen molar-refractivity contribution in [3.8, 4) is 17.2 Å². The van der Waals surface area contributed by atoms with Gasteiger partial charge in [-0.1, -0.05) is 35.3 Å². The zero-order valence-corrected chi connectivity index (χ0v) is 24.8. The number of amides is 3. The van der Waals surface area contributed by atoms with E-state index in [0.717, 1.165) is 25.7 Å². The Hall–Kier alpha value is -4.80. The number of aromatic nitrogens is 1. The molecule has 0 radical (unpaired) electrons. The SMILES string of the molecule is O=C(Nc1cc(Cl)nc(Cl)c1)NC1CCC(Oc2ccc(Oc3ccc(C(=O)Nc4ccccc4C(=O)O)cc3)cc2)CC1. The summed E-state index contributed by atoms with van der Waals surface area (Å²) in [5, 5.41) is 18.0. The second-order valence-electron chi connectivity index (χ2n) is 10.1. The molecule has 4 aromatic rings. The summed E-state index contributed by atoms with van der Waals surface area (Å²) in [7, 11) is 0. The van der Waals surface area contributed by atoms with Crippen LogP contribution in [0.5, 0.6) is 17.2 Å². The molecule has 0 aliphatic heterocycles. The number of anilines is 2. The molecular formula is C32H28Cl2N4O6. The first-order chi connectivity index (χ1) is 21.2. The normalized spacial score (nSPS) is 16.0. The Balaban J connectivity index is 1.06. The van der Waals surface area contributed by atoms with Crippen LogP contribution in [0.3, 0.4) is 0 Å². The molecule has 1 aliphatic carbocycles. The first-order valence-electron chi connectivity index (χ1n) is 13.8. The lowest BCUT2D eigenvalue weighted by Gasteiger charge is -2.29. The number of ether oxygens (including phenoxy) is 2. The van der Waals surface area contributed by atoms with Gasteiger partial charge in [0, 0.05) is 17.3 Å². The number of hydrogen-bond donors (Lipinski definition) is 4. The molecule has 1 aliphatic rings. The van der Waals surface area contributed by atoms with Gasteiger partial charge in [0.2, 0.25) is 0 Å². The van der Waals surface area contributed by atoms with Crippen LogP contribution in [0.4, 0.5) is 16.2 Å². The second kappa shape index (κ2) is 14.1. The van der Waals surface area contributed by atoms with E-state index in [9.17, 15) is 19.5 Å². The molecule has 3 amide bonds. The van der Waals surface area contributed by atoms with E-state index in [0.29, 0.717) is 28.5 Å². The van der Waals surface area contributed by atoms with Gasteiger partial charge in [-0.25, -0.2) is 14.6 Å². The van der Waals surface area contributed by atoms with Crippen LogP contribution >= 0.6 is 23.2 Å². The minimum Gasteiger partial charge on any atom is -0.490 e. The number of carboxylic acid groups (broad SMARTS) is 1. The van der Waals surface area contributed by atoms with Crippen LogP contribution in [0, 0.1) is 0 Å². The first kappa shape index (κ1) is 30.7. The maximum atomic E-state index is 12.6. The molecule has 44 heavy (non-hydrogen) atoms. The van der Waals surface area contributed by atoms with E-state index in [2.05, 4.69) is 20.9 Å². The fourth-order valence-electron chi connectivity index (χ4n) is 4.78. The number of nitrogens with one attached hydrogen (secondary N) is 3. The van der Waals surface area contributed by atoms with Gasteiger partial charge in [0.1, 0.15) is 27.6 Å². The summed E-state index contributed by atoms with van der Waals surface area (Å²) in [6, 6.07) is 22.8. The van der Waals surface area contributed by atoms with E-state index >= 15 is 0 Å². The molecule has 0 spiro atoms. The highest BCUT2D eigenvalue weighted by molar-refractivity contribution is 6.33. The number of carboxylic acids is 1. The highest BCUT2D eigenvalue weighted by Crippen LogP contribution is 2.28. The van der Waals surface area contributed by atoms with E-state index in [1.807, 2.05) is 12.1 Å². The topological polar surface area (TPSA) is 139 Å². The van der Waals surface area contributed by atoms with Crippen molar-refractivity contribution < 1.29 is 29.0 Å². The van der Waals surface area contributed by atoms with E-state index in [1.165, 1.54) is 24.3 Å². The Kier molecular flexibility index (Phi) is 9.83. The van der Waals surface area contributed by atoms with Gasteiger partial charge >= 0.3 is 12.0 Å². The third-order valence-corrected chi connectivity index (χ3v) is 7.30. The third-order valence-electron chi connectivity index (χ3n) is 6.91. The van der Waals surface area contributed by atoms with Crippen molar-refractivity contribution in [2.24, 2.45) is 0 Å². The van der Waals surface area contributed by atoms with Crippen LogP contribution in [0.1, 0.15) is 46.4 Å². The number of para-hydroxylation sites is 1. The van der Waals surface area contributed by atoms with Crippen molar-refractivity contribution in [2.45, 2.75) is 37.8 Å². The van der Waals surface area contributed by atoms with Crippen LogP contribution in [-0.2, 0) is 0 Å². The molecule has 1 aromatic heterocycles. The minimum atomic E-state index is -1.12. The summed E-state index contributed by atoms with van der Waals surface area (Å²) in [4.78, 5) is 40.2. The molecule has 3 aromatic carbocycles. The number of carbonyl (C=O) groups is 3. The molecular weight excluding hydrogens is 607 g/mol. The molecule has 10 nitrogen and oxygen atoms in total. The molecule has 1 heterocycles. The number of hydrogen-bond acceptors (Lipinski definition) is 6. The molecule has 0 unspecified atom stereocenters. The van der Waals surface area contributed by atoms with E-state index < -0.39 is 11.9 Å². The summed E-state index contributed by atoms with van der Waals surface area (Å²) < 4.78 is 12.1. The number of benzene rings is 3. The average molecular weight is 636 g/mol. The fourth-order valence-corrected chi connectivity index (χ4v) is 5.24. The minimum absolute atomic E-state index is 0.0116. The van der Waals surface area contributed by atoms with Gasteiger partial charge in [-0.3, -0.25) is 4.79 Å². The van der Waals surface area contributed by atoms with Gasteiger partial charge in [0.05, 0.1) is 17.4 Å². The van der Waals surface area contributed by atoms with Crippen molar-refractivity contribution in [3.05, 3.63) is 106 Å². The maximum Gasteiger partial charge on any atom is 0.337 e. The molecule has 1 saturated carbocycles. The number of pyridine rings is 1. The zero-order valence-electron chi connectivity index (χ0n) is 23.3. The van der Waals surface area contributed by atoms with Crippen LogP contribution in [0.15, 0.2) is 84.9 Å². The first-order valence-corrected chi connectivity index (χ1v) is 14.6. The Morgan fingerprint density at radius 2 is 1.36 bits per heavy atom. The van der Waals surface area contributed by atoms with Gasteiger partial charge < -0.3 is 30.5 Å². The number of aromatic carboxylic acids is 1. The smallest absolute Gasteiger partial charge is 0.337 e. The van der Waals surface area contributed by atoms with E-state index in [4.69, 9.17) is 32.7 Å². The van der Waals surface area contributed by atoms with E-state index in [1.54, 1.807) is 48.5 Å². The molecule has 0 bridgehead atoms. The van der Waals surface area contributed by atoms with Crippen LogP contribution in [-0.4, -0.2) is 40.1 Å². The Bertz CT molecular complexity index is 1620. The molecule has 0 saturated heterocycles. The van der Waals surface area contributed by atoms with Crippen molar-refractivity contribution in [1.82, 2.24) is 10.3 Å². The third kappa shape index (κ3) is 8.40. The van der Waals surface area contributed by atoms with Crippen LogP contribution < -0.4 is 25.4 Å². The number of urea groups is 1. The molecule has 12 heteroatoms. The van der Waals surface area contributed by atoms with E-state index in [-0.39, 0.29) is 39.7 Å². The summed E-state index contributed by atoms with van der Waals surface area (Å²) in [6.45, 7) is 0. The van der Waals surface area contributed by atoms with Gasteiger partial charge in [-0.15, -0.1) is 0 Å². The largest absolute Gasteiger partial charge is 0.490 e. The monoisotopic (exact) mass is 634 g/mol. The average Bonchev–Trinajstić information content (AvgIpc) is 2.99. The molecule has 4 N–H and O–H groups in total. The van der Waals surface area contributed by atoms with Crippen molar-refractivity contribution in [1.29, 1.82) is 0 Å². The Morgan fingerprint density at radius 1 is 0.773 bits per heavy atom. The summed E-state index contributed by atoms with van der Waals surface area (Å²) in [5.41, 5.74) is 1.06. The predicted molar refractivity (Wildman–Crippen MR) is 167 cm³/mol. The van der Waals surface area contributed by atoms with Gasteiger partial charge in [0.25, 0.3) is 5.91 Å².